The number of rotatable bonds is 9. The van der Waals surface area contributed by atoms with Gasteiger partial charge in [-0.05, 0) is 31.0 Å². The van der Waals surface area contributed by atoms with Crippen molar-refractivity contribution in [2.45, 2.75) is 39.3 Å². The van der Waals surface area contributed by atoms with Gasteiger partial charge in [-0.1, -0.05) is 19.4 Å². The predicted octanol–water partition coefficient (Wildman–Crippen LogP) is 2.12. The van der Waals surface area contributed by atoms with Gasteiger partial charge in [0.05, 0.1) is 13.7 Å². The van der Waals surface area contributed by atoms with Gasteiger partial charge < -0.3 is 19.4 Å². The van der Waals surface area contributed by atoms with Crippen LogP contribution in [0.5, 0.6) is 11.5 Å². The molecule has 27 heavy (non-hydrogen) atoms. The molecule has 0 amide bonds. The summed E-state index contributed by atoms with van der Waals surface area (Å²) in [5.41, 5.74) is 0.949. The van der Waals surface area contributed by atoms with E-state index in [2.05, 4.69) is 12.2 Å². The zero-order valence-corrected chi connectivity index (χ0v) is 16.7. The maximum absolute atomic E-state index is 12.2. The average Bonchev–Trinajstić information content (AvgIpc) is 2.68. The minimum Gasteiger partial charge on any atom is -0.493 e. The Hall–Kier alpha value is -2.54. The zero-order valence-electron chi connectivity index (χ0n) is 16.7. The third kappa shape index (κ3) is 5.01. The van der Waals surface area contributed by atoms with Gasteiger partial charge in [0, 0.05) is 38.4 Å². The van der Waals surface area contributed by atoms with E-state index in [1.54, 1.807) is 20.4 Å². The smallest absolute Gasteiger partial charge is 0.330 e. The van der Waals surface area contributed by atoms with Crippen molar-refractivity contribution in [2.24, 2.45) is 14.1 Å². The minimum absolute atomic E-state index is 0.00877. The highest BCUT2D eigenvalue weighted by Crippen LogP contribution is 2.30. The molecule has 7 heteroatoms. The highest BCUT2D eigenvalue weighted by atomic mass is 16.5. The summed E-state index contributed by atoms with van der Waals surface area (Å²) in [6.07, 6.45) is 3.65. The zero-order chi connectivity index (χ0) is 20.0. The molecule has 0 aliphatic rings. The largest absolute Gasteiger partial charge is 0.493 e. The Morgan fingerprint density at radius 3 is 2.59 bits per heavy atom. The molecule has 0 saturated carbocycles. The van der Waals surface area contributed by atoms with Crippen LogP contribution in [0, 0.1) is 0 Å². The van der Waals surface area contributed by atoms with Gasteiger partial charge in [0.1, 0.15) is 0 Å². The maximum Gasteiger partial charge on any atom is 0.330 e. The topological polar surface area (TPSA) is 74.5 Å². The van der Waals surface area contributed by atoms with Gasteiger partial charge in [-0.25, -0.2) is 4.79 Å². The van der Waals surface area contributed by atoms with Gasteiger partial charge in [0.15, 0.2) is 11.5 Å². The van der Waals surface area contributed by atoms with Crippen molar-refractivity contribution in [2.75, 3.05) is 13.7 Å². The summed E-state index contributed by atoms with van der Waals surface area (Å²) in [6, 6.07) is 5.83. The molecule has 2 rings (SSSR count). The van der Waals surface area contributed by atoms with Crippen LogP contribution in [0.15, 0.2) is 34.0 Å². The first-order valence-electron chi connectivity index (χ1n) is 9.18. The first kappa shape index (κ1) is 20.8. The van der Waals surface area contributed by atoms with E-state index in [4.69, 9.17) is 9.47 Å². The van der Waals surface area contributed by atoms with Crippen LogP contribution in [0.2, 0.25) is 0 Å². The summed E-state index contributed by atoms with van der Waals surface area (Å²) >= 11 is 0. The van der Waals surface area contributed by atoms with Crippen molar-refractivity contribution in [3.63, 3.8) is 0 Å². The fourth-order valence-electron chi connectivity index (χ4n) is 2.78. The number of unbranched alkanes of at least 4 members (excludes halogenated alkanes) is 1. The van der Waals surface area contributed by atoms with Gasteiger partial charge in [-0.15, -0.1) is 0 Å². The molecular formula is C20H29N3O4. The quantitative estimate of drug-likeness (QED) is 0.680. The normalized spacial score (nSPS) is 12.0. The minimum atomic E-state index is -0.333. The van der Waals surface area contributed by atoms with Crippen LogP contribution in [-0.4, -0.2) is 22.9 Å². The number of nitrogens with one attached hydrogen (secondary N) is 1. The molecule has 0 aliphatic heterocycles. The predicted molar refractivity (Wildman–Crippen MR) is 106 cm³/mol. The van der Waals surface area contributed by atoms with Gasteiger partial charge in [0.25, 0.3) is 5.56 Å². The molecule has 0 fully saturated rings. The number of benzene rings is 1. The molecule has 0 bridgehead atoms. The molecule has 0 spiro atoms. The molecule has 0 aliphatic carbocycles. The Morgan fingerprint density at radius 1 is 1.19 bits per heavy atom. The van der Waals surface area contributed by atoms with Gasteiger partial charge in [-0.2, -0.15) is 0 Å². The van der Waals surface area contributed by atoms with Crippen molar-refractivity contribution < 1.29 is 9.47 Å². The van der Waals surface area contributed by atoms with E-state index in [1.165, 1.54) is 11.6 Å². The van der Waals surface area contributed by atoms with Gasteiger partial charge in [0.2, 0.25) is 0 Å². The van der Waals surface area contributed by atoms with Crippen molar-refractivity contribution in [3.8, 4) is 11.5 Å². The fourth-order valence-corrected chi connectivity index (χ4v) is 2.78. The molecule has 2 aromatic rings. The van der Waals surface area contributed by atoms with Crippen LogP contribution in [0.4, 0.5) is 0 Å². The highest BCUT2D eigenvalue weighted by molar-refractivity contribution is 5.43. The number of aryl methyl sites for hydroxylation is 1. The fraction of sp³-hybridized carbons (Fsp3) is 0.500. The molecule has 1 unspecified atom stereocenters. The molecule has 0 saturated heterocycles. The number of methoxy groups -OCH3 is 1. The second-order valence-corrected chi connectivity index (χ2v) is 6.63. The van der Waals surface area contributed by atoms with Crippen LogP contribution >= 0.6 is 0 Å². The van der Waals surface area contributed by atoms with Gasteiger partial charge in [-0.3, -0.25) is 9.36 Å². The molecular weight excluding hydrogens is 346 g/mol. The SMILES string of the molecule is CCCCOc1ccc(C(C)NCc2cn(C)c(=O)n(C)c2=O)cc1OC. The number of ether oxygens (including phenoxy) is 2. The van der Waals surface area contributed by atoms with Crippen LogP contribution in [-0.2, 0) is 20.6 Å². The molecule has 1 heterocycles. The lowest BCUT2D eigenvalue weighted by Crippen LogP contribution is -2.39. The van der Waals surface area contributed by atoms with Crippen molar-refractivity contribution in [3.05, 3.63) is 56.4 Å². The Kier molecular flexibility index (Phi) is 7.24. The first-order chi connectivity index (χ1) is 12.9. The van der Waals surface area contributed by atoms with Crippen LogP contribution in [0.1, 0.15) is 43.9 Å². The molecule has 1 atom stereocenters. The van der Waals surface area contributed by atoms with Crippen molar-refractivity contribution in [1.29, 1.82) is 0 Å². The van der Waals surface area contributed by atoms with E-state index < -0.39 is 0 Å². The van der Waals surface area contributed by atoms with Crippen molar-refractivity contribution in [1.82, 2.24) is 14.5 Å². The highest BCUT2D eigenvalue weighted by Gasteiger charge is 2.12. The molecule has 1 aromatic heterocycles. The summed E-state index contributed by atoms with van der Waals surface area (Å²) in [4.78, 5) is 24.0. The third-order valence-corrected chi connectivity index (χ3v) is 4.56. The number of hydrogen-bond donors (Lipinski definition) is 1. The van der Waals surface area contributed by atoms with Crippen LogP contribution in [0.25, 0.3) is 0 Å². The number of aromatic nitrogens is 2. The average molecular weight is 375 g/mol. The summed E-state index contributed by atoms with van der Waals surface area (Å²) in [5, 5.41) is 3.33. The summed E-state index contributed by atoms with van der Waals surface area (Å²) in [7, 11) is 4.74. The van der Waals surface area contributed by atoms with E-state index in [0.717, 1.165) is 28.7 Å². The Balaban J connectivity index is 2.11. The van der Waals surface area contributed by atoms with Gasteiger partial charge >= 0.3 is 5.69 Å². The molecule has 0 radical (unpaired) electrons. The van der Waals surface area contributed by atoms with E-state index in [0.29, 0.717) is 24.5 Å². The molecule has 1 aromatic carbocycles. The second kappa shape index (κ2) is 9.41. The summed E-state index contributed by atoms with van der Waals surface area (Å²) in [5.74, 6) is 1.42. The summed E-state index contributed by atoms with van der Waals surface area (Å²) in [6.45, 7) is 5.16. The first-order valence-corrected chi connectivity index (χ1v) is 9.18. The van der Waals surface area contributed by atoms with Crippen molar-refractivity contribution >= 4 is 0 Å². The van der Waals surface area contributed by atoms with Crippen LogP contribution in [0.3, 0.4) is 0 Å². The lowest BCUT2D eigenvalue weighted by molar-refractivity contribution is 0.288. The van der Waals surface area contributed by atoms with E-state index >= 15 is 0 Å². The van der Waals surface area contributed by atoms with E-state index in [-0.39, 0.29) is 17.3 Å². The standard InChI is InChI=1S/C20H29N3O4/c1-6-7-10-27-17-9-8-15(11-18(17)26-5)14(2)21-12-16-13-22(3)20(25)23(4)19(16)24/h8-9,11,13-14,21H,6-7,10,12H2,1-5H3. The summed E-state index contributed by atoms with van der Waals surface area (Å²) < 4.78 is 13.7. The Bertz CT molecular complexity index is 886. The molecule has 7 nitrogen and oxygen atoms in total. The van der Waals surface area contributed by atoms with Crippen LogP contribution < -0.4 is 26.0 Å². The lowest BCUT2D eigenvalue weighted by atomic mass is 10.1. The Morgan fingerprint density at radius 2 is 1.93 bits per heavy atom. The lowest BCUT2D eigenvalue weighted by Gasteiger charge is -2.17. The third-order valence-electron chi connectivity index (χ3n) is 4.56. The molecule has 1 N–H and O–H groups in total. The number of nitrogens with zero attached hydrogens (tertiary/aromatic N) is 2. The monoisotopic (exact) mass is 375 g/mol. The molecule has 148 valence electrons. The van der Waals surface area contributed by atoms with E-state index in [1.807, 2.05) is 25.1 Å². The maximum atomic E-state index is 12.2. The van der Waals surface area contributed by atoms with E-state index in [9.17, 15) is 9.59 Å². The second-order valence-electron chi connectivity index (χ2n) is 6.63. The number of hydrogen-bond acceptors (Lipinski definition) is 5. The Labute approximate surface area is 159 Å².